The number of carbonyl (C=O) groups excluding carboxylic acids is 1. The molecule has 4 aromatic carbocycles. The molecule has 8 aliphatic rings. The Morgan fingerprint density at radius 2 is 0.662 bits per heavy atom. The van der Waals surface area contributed by atoms with Gasteiger partial charge >= 0.3 is 5.97 Å². The van der Waals surface area contributed by atoms with E-state index in [-0.39, 0.29) is 72.3 Å². The summed E-state index contributed by atoms with van der Waals surface area (Å²) < 4.78 is 6.91. The van der Waals surface area contributed by atoms with Crippen LogP contribution in [0, 0.1) is 81.3 Å². The van der Waals surface area contributed by atoms with Crippen LogP contribution in [0.4, 0.5) is 23.3 Å². The second-order valence-corrected chi connectivity index (χ2v) is 42.7. The molecule has 8 saturated heterocycles. The first kappa shape index (κ1) is 103. The molecule has 8 aromatic heterocycles. The Morgan fingerprint density at radius 3 is 0.937 bits per heavy atom. The van der Waals surface area contributed by atoms with Crippen molar-refractivity contribution in [2.24, 2.45) is 47.3 Å². The summed E-state index contributed by atoms with van der Waals surface area (Å²) >= 11 is 50.1. The largest absolute Gasteiger partial charge is 0.481 e. The molecular formula is C101H117Cl8N27O6. The van der Waals surface area contributed by atoms with Crippen LogP contribution >= 0.6 is 92.8 Å². The molecule has 748 valence electrons. The number of aliphatic carboxylic acids is 1. The summed E-state index contributed by atoms with van der Waals surface area (Å²) in [5, 5.41) is 89.0. The average molecular weight is 2090 g/mol. The maximum absolute atomic E-state index is 12.3. The fraction of sp³-hybridized carbons (Fsp3) is 0.515. The number of fused-ring (bicyclic) bond motifs is 4. The molecule has 41 heteroatoms. The number of aliphatic hydroxyl groups is 3. The minimum absolute atomic E-state index is 0.167. The molecule has 10 unspecified atom stereocenters. The lowest BCUT2D eigenvalue weighted by Gasteiger charge is -2.47. The molecule has 8 aliphatic heterocycles. The van der Waals surface area contributed by atoms with Crippen molar-refractivity contribution in [1.29, 1.82) is 15.8 Å². The number of benzene rings is 4. The summed E-state index contributed by atoms with van der Waals surface area (Å²) in [6.07, 6.45) is 16.9. The Kier molecular flexibility index (Phi) is 33.3. The number of ketones is 1. The van der Waals surface area contributed by atoms with Crippen molar-refractivity contribution < 1.29 is 30.0 Å². The van der Waals surface area contributed by atoms with Crippen LogP contribution in [0.15, 0.2) is 97.6 Å². The monoisotopic (exact) mass is 2080 g/mol. The molecular weight excluding hydrogens is 1970 g/mol. The number of rotatable bonds is 27. The van der Waals surface area contributed by atoms with Crippen LogP contribution in [0.3, 0.4) is 0 Å². The molecule has 0 bridgehead atoms. The quantitative estimate of drug-likeness (QED) is 0.0347. The van der Waals surface area contributed by atoms with Crippen molar-refractivity contribution in [2.75, 3.05) is 157 Å². The summed E-state index contributed by atoms with van der Waals surface area (Å²) in [7, 11) is 0. The zero-order chi connectivity index (χ0) is 100. The van der Waals surface area contributed by atoms with Crippen molar-refractivity contribution in [2.45, 2.75) is 149 Å². The van der Waals surface area contributed by atoms with Gasteiger partial charge in [-0.25, -0.2) is 58.6 Å². The molecule has 10 atom stereocenters. The van der Waals surface area contributed by atoms with E-state index in [2.05, 4.69) is 97.7 Å². The number of aromatic nitrogens is 16. The standard InChI is InChI=1S/C27H32Cl2N6O3.2C25H29Cl2N7O.C24H27Cl2N7O/c1-16(21-8-7-20(28)11-22(21)29)35-27-26(25(32-35)17(2)36)30-12-23(31-27)34-14-19(15-34)18-5-3-9-33(13-18)10-4-6-24(37)38;2*1-15(35)11-32-7-3-4-17(12-32)18-13-33(14-18)23-10-29-24-22(9-28)31-34(25(24)30-23)16(2)20-6-5-19(26)8-21(20)27;1-15(19-5-4-18(25)9-20(19)26)33-24-23(21(10-27)30-33)28-11-22(29-24)32-13-17(14-32)16-3-2-6-31(12-16)7-8-34/h7-8,11-12,16,18-19H,3-6,9-10,13-15H2,1-2H3,(H,37,38);2*5-6,8,10,15-18,35H,3-4,7,11-14H2,1-2H3;4-5,9,11,15-17,34H,2-3,6-8,12-14H2,1H3. The van der Waals surface area contributed by atoms with E-state index in [1.54, 1.807) is 92.0 Å². The number of aliphatic hydroxyl groups excluding tert-OH is 3. The van der Waals surface area contributed by atoms with Crippen LogP contribution in [0.1, 0.15) is 187 Å². The van der Waals surface area contributed by atoms with Gasteiger partial charge in [-0.3, -0.25) is 9.59 Å². The number of piperidine rings is 4. The molecule has 16 heterocycles. The maximum atomic E-state index is 12.3. The zero-order valence-electron chi connectivity index (χ0n) is 80.4. The fourth-order valence-electron chi connectivity index (χ4n) is 21.6. The van der Waals surface area contributed by atoms with Crippen LogP contribution in [0.25, 0.3) is 44.7 Å². The number of halogens is 8. The summed E-state index contributed by atoms with van der Waals surface area (Å²) in [6, 6.07) is 26.8. The first-order valence-corrected chi connectivity index (χ1v) is 52.0. The number of carboxylic acids is 1. The van der Waals surface area contributed by atoms with E-state index in [9.17, 15) is 40.7 Å². The highest BCUT2D eigenvalue weighted by Gasteiger charge is 2.43. The number of carboxylic acid groups (broad SMARTS) is 1. The number of β-amino-alcohol motifs (C(OH)–C–C–N with tert-alkyl or cyclic N) is 3. The van der Waals surface area contributed by atoms with Crippen molar-refractivity contribution in [3.8, 4) is 18.2 Å². The van der Waals surface area contributed by atoms with Crippen molar-refractivity contribution in [3.63, 3.8) is 0 Å². The summed E-state index contributed by atoms with van der Waals surface area (Å²) in [4.78, 5) is 79.6. The van der Waals surface area contributed by atoms with E-state index in [0.717, 1.165) is 183 Å². The maximum Gasteiger partial charge on any atom is 0.303 e. The molecule has 0 radical (unpaired) electrons. The van der Waals surface area contributed by atoms with Gasteiger partial charge in [0.15, 0.2) is 51.1 Å². The normalized spacial score (nSPS) is 20.4. The highest BCUT2D eigenvalue weighted by Crippen LogP contribution is 2.43. The van der Waals surface area contributed by atoms with Gasteiger partial charge in [0.2, 0.25) is 0 Å². The average Bonchev–Trinajstić information content (AvgIpc) is 1.60. The third-order valence-electron chi connectivity index (χ3n) is 29.4. The van der Waals surface area contributed by atoms with E-state index < -0.39 is 5.97 Å². The number of anilines is 4. The first-order valence-electron chi connectivity index (χ1n) is 49.0. The van der Waals surface area contributed by atoms with Gasteiger partial charge in [0.1, 0.15) is 63.5 Å². The number of hydrogen-bond donors (Lipinski definition) is 4. The van der Waals surface area contributed by atoms with E-state index in [4.69, 9.17) is 118 Å². The van der Waals surface area contributed by atoms with Gasteiger partial charge in [-0.05, 0) is 250 Å². The molecule has 12 aromatic rings. The Balaban J connectivity index is 0.000000130. The predicted octanol–water partition coefficient (Wildman–Crippen LogP) is 17.0. The second-order valence-electron chi connectivity index (χ2n) is 39.3. The molecule has 0 amide bonds. The number of nitrogens with zero attached hydrogens (tertiary/aromatic N) is 27. The highest BCUT2D eigenvalue weighted by molar-refractivity contribution is 6.37. The third-order valence-corrected chi connectivity index (χ3v) is 31.7. The molecule has 0 saturated carbocycles. The third kappa shape index (κ3) is 23.2. The van der Waals surface area contributed by atoms with Crippen molar-refractivity contribution >= 4 is 172 Å². The lowest BCUT2D eigenvalue weighted by atomic mass is 9.80. The van der Waals surface area contributed by atoms with Crippen molar-refractivity contribution in [3.05, 3.63) is 183 Å². The number of nitriles is 3. The second kappa shape index (κ2) is 45.7. The fourth-order valence-corrected chi connectivity index (χ4v) is 23.9. The smallest absolute Gasteiger partial charge is 0.303 e. The van der Waals surface area contributed by atoms with Crippen LogP contribution in [-0.4, -0.2) is 280 Å². The predicted molar refractivity (Wildman–Crippen MR) is 553 cm³/mol. The molecule has 4 N–H and O–H groups in total. The van der Waals surface area contributed by atoms with E-state index >= 15 is 0 Å². The Hall–Kier alpha value is -10.1. The van der Waals surface area contributed by atoms with Gasteiger partial charge in [-0.2, -0.15) is 36.2 Å². The minimum atomic E-state index is -0.728. The molecule has 33 nitrogen and oxygen atoms in total. The molecule has 8 fully saturated rings. The van der Waals surface area contributed by atoms with Gasteiger partial charge in [-0.1, -0.05) is 117 Å². The highest BCUT2D eigenvalue weighted by atomic mass is 35.5. The number of Topliss-reactive ketones (excluding diaryl/α,β-unsaturated/α-hetero) is 1. The number of hydrogen-bond acceptors (Lipinski definition) is 28. The van der Waals surface area contributed by atoms with Gasteiger partial charge in [0.25, 0.3) is 0 Å². The summed E-state index contributed by atoms with van der Waals surface area (Å²) in [6.45, 7) is 32.3. The summed E-state index contributed by atoms with van der Waals surface area (Å²) in [5.41, 5.74) is 8.64. The van der Waals surface area contributed by atoms with Gasteiger partial charge < -0.3 is 59.6 Å². The van der Waals surface area contributed by atoms with Gasteiger partial charge in [0, 0.05) is 152 Å². The number of likely N-dealkylation sites (tertiary alicyclic amines) is 4. The Bertz CT molecular complexity index is 6500. The van der Waals surface area contributed by atoms with Crippen molar-refractivity contribution in [1.82, 2.24) is 98.6 Å². The summed E-state index contributed by atoms with van der Waals surface area (Å²) in [5.74, 6) is 7.19. The molecule has 0 aliphatic carbocycles. The Labute approximate surface area is 865 Å². The zero-order valence-corrected chi connectivity index (χ0v) is 86.5. The van der Waals surface area contributed by atoms with E-state index in [1.807, 2.05) is 65.8 Å². The van der Waals surface area contributed by atoms with E-state index in [0.29, 0.717) is 144 Å². The van der Waals surface area contributed by atoms with Crippen LogP contribution in [-0.2, 0) is 4.79 Å². The van der Waals surface area contributed by atoms with E-state index in [1.165, 1.54) is 51.9 Å². The molecule has 0 spiro atoms. The van der Waals surface area contributed by atoms with Crippen LogP contribution in [0.5, 0.6) is 0 Å². The lowest BCUT2D eigenvalue weighted by molar-refractivity contribution is -0.137. The van der Waals surface area contributed by atoms with Crippen LogP contribution < -0.4 is 19.6 Å². The number of carbonyl (C=O) groups is 2. The topological polar surface area (TPSA) is 387 Å². The minimum Gasteiger partial charge on any atom is -0.481 e. The SMILES string of the molecule is CC(=O)c1nn(C(C)c2ccc(Cl)cc2Cl)c2nc(N3CC(C4CCCN(CCCC(=O)O)C4)C3)cnc12.CC(O)CN1CCCC(C2CN(c3cnc4c(C#N)nn(C(C)c5ccc(Cl)cc5Cl)c4n3)C2)C1.CC(O)CN1CCCC(C2CN(c3cnc4c(C#N)nn(C(C)c5ccc(Cl)cc5Cl)c4n3)C2)C1.CC(c1ccc(Cl)cc1Cl)n1nc(C#N)c2ncc(N3CC(C4CCCN(CCO)C4)C3)nc21. The first-order chi connectivity index (χ1) is 68.4. The van der Waals surface area contributed by atoms with Gasteiger partial charge in [0.05, 0.1) is 67.8 Å². The Morgan fingerprint density at radius 1 is 0.387 bits per heavy atom. The molecule has 142 heavy (non-hydrogen) atoms. The van der Waals surface area contributed by atoms with Gasteiger partial charge in [-0.15, -0.1) is 0 Å². The lowest BCUT2D eigenvalue weighted by Crippen LogP contribution is -2.54. The van der Waals surface area contributed by atoms with Crippen LogP contribution in [0.2, 0.25) is 40.2 Å². The molecule has 20 rings (SSSR count).